The van der Waals surface area contributed by atoms with Crippen molar-refractivity contribution in [3.05, 3.63) is 75.7 Å². The molecule has 0 saturated carbocycles. The zero-order valence-electron chi connectivity index (χ0n) is 11.9. The molecule has 0 bridgehead atoms. The number of allylic oxidation sites excluding steroid dienone is 1. The van der Waals surface area contributed by atoms with E-state index in [4.69, 9.17) is 4.74 Å². The van der Waals surface area contributed by atoms with E-state index in [1.165, 1.54) is 12.1 Å². The highest BCUT2D eigenvalue weighted by Crippen LogP contribution is 2.38. The van der Waals surface area contributed by atoms with Gasteiger partial charge in [-0.3, -0.25) is 4.79 Å². The van der Waals surface area contributed by atoms with Crippen LogP contribution in [0.1, 0.15) is 11.1 Å². The molecule has 3 nitrogen and oxygen atoms in total. The van der Waals surface area contributed by atoms with Crippen LogP contribution in [0.5, 0.6) is 0 Å². The van der Waals surface area contributed by atoms with Gasteiger partial charge in [0.25, 0.3) is 5.91 Å². The van der Waals surface area contributed by atoms with Gasteiger partial charge in [0, 0.05) is 15.6 Å². The van der Waals surface area contributed by atoms with E-state index in [9.17, 15) is 9.18 Å². The quantitative estimate of drug-likeness (QED) is 0.756. The Labute approximate surface area is 140 Å². The first-order valence-corrected chi connectivity index (χ1v) is 7.86. The molecule has 0 saturated heterocycles. The molecule has 0 spiro atoms. The van der Waals surface area contributed by atoms with Crippen molar-refractivity contribution in [2.24, 2.45) is 0 Å². The van der Waals surface area contributed by atoms with E-state index in [-0.39, 0.29) is 11.7 Å². The molecule has 2 aliphatic rings. The molecule has 2 heterocycles. The molecule has 2 aromatic rings. The third kappa shape index (κ3) is 2.47. The number of carbonyl (C=O) groups is 1. The van der Waals surface area contributed by atoms with Gasteiger partial charge in [-0.05, 0) is 42.0 Å². The fourth-order valence-electron chi connectivity index (χ4n) is 2.76. The number of hydrogen-bond donors (Lipinski definition) is 1. The standard InChI is InChI=1S/C18H11BrFNO2/c19-12-3-1-10(2-4-12)11-7-16(23-9-11)17-14-6-5-13(20)8-15(14)21-18(17)22/h1-8H,9H2,(H,21,22). The topological polar surface area (TPSA) is 38.3 Å². The summed E-state index contributed by atoms with van der Waals surface area (Å²) in [5.74, 6) is -0.131. The summed E-state index contributed by atoms with van der Waals surface area (Å²) >= 11 is 3.41. The first-order chi connectivity index (χ1) is 11.1. The van der Waals surface area contributed by atoms with Gasteiger partial charge in [0.1, 0.15) is 18.2 Å². The van der Waals surface area contributed by atoms with E-state index >= 15 is 0 Å². The lowest BCUT2D eigenvalue weighted by Crippen LogP contribution is -2.05. The number of ether oxygens (including phenoxy) is 1. The lowest BCUT2D eigenvalue weighted by molar-refractivity contribution is -0.110. The van der Waals surface area contributed by atoms with Gasteiger partial charge in [-0.2, -0.15) is 0 Å². The largest absolute Gasteiger partial charge is 0.488 e. The summed E-state index contributed by atoms with van der Waals surface area (Å²) < 4.78 is 20.0. The van der Waals surface area contributed by atoms with Gasteiger partial charge >= 0.3 is 0 Å². The van der Waals surface area contributed by atoms with E-state index in [2.05, 4.69) is 21.2 Å². The molecule has 2 aliphatic heterocycles. The van der Waals surface area contributed by atoms with Gasteiger partial charge in [0.05, 0.1) is 11.3 Å². The van der Waals surface area contributed by atoms with Crippen LogP contribution in [0, 0.1) is 5.82 Å². The van der Waals surface area contributed by atoms with Crippen LogP contribution in [-0.2, 0) is 9.53 Å². The fraction of sp³-hybridized carbons (Fsp3) is 0.0556. The molecule has 1 amide bonds. The van der Waals surface area contributed by atoms with Crippen molar-refractivity contribution in [1.29, 1.82) is 0 Å². The molecule has 0 unspecified atom stereocenters. The van der Waals surface area contributed by atoms with Crippen molar-refractivity contribution in [3.8, 4) is 0 Å². The smallest absolute Gasteiger partial charge is 0.260 e. The number of benzene rings is 2. The lowest BCUT2D eigenvalue weighted by atomic mass is 10.0. The Morgan fingerprint density at radius 2 is 1.91 bits per heavy atom. The average molecular weight is 372 g/mol. The van der Waals surface area contributed by atoms with Crippen LogP contribution in [0.2, 0.25) is 0 Å². The van der Waals surface area contributed by atoms with Crippen LogP contribution in [0.15, 0.2) is 58.8 Å². The molecule has 0 radical (unpaired) electrons. The number of amides is 1. The Hall–Kier alpha value is -2.40. The zero-order chi connectivity index (χ0) is 16.0. The van der Waals surface area contributed by atoms with E-state index < -0.39 is 0 Å². The Balaban J connectivity index is 1.78. The van der Waals surface area contributed by atoms with Crippen molar-refractivity contribution < 1.29 is 13.9 Å². The fourth-order valence-corrected chi connectivity index (χ4v) is 3.03. The minimum atomic E-state index is -0.381. The maximum atomic E-state index is 13.3. The third-order valence-corrected chi connectivity index (χ3v) is 4.40. The van der Waals surface area contributed by atoms with E-state index in [1.807, 2.05) is 30.3 Å². The highest BCUT2D eigenvalue weighted by molar-refractivity contribution is 9.10. The second-order valence-electron chi connectivity index (χ2n) is 5.35. The minimum Gasteiger partial charge on any atom is -0.488 e. The molecular formula is C18H11BrFNO2. The highest BCUT2D eigenvalue weighted by atomic mass is 79.9. The number of halogens is 2. The monoisotopic (exact) mass is 371 g/mol. The lowest BCUT2D eigenvalue weighted by Gasteiger charge is -2.03. The van der Waals surface area contributed by atoms with Crippen molar-refractivity contribution in [2.45, 2.75) is 0 Å². The van der Waals surface area contributed by atoms with E-state index in [1.54, 1.807) is 6.07 Å². The number of anilines is 1. The van der Waals surface area contributed by atoms with Gasteiger partial charge < -0.3 is 10.1 Å². The molecule has 0 atom stereocenters. The molecule has 0 aromatic heterocycles. The Morgan fingerprint density at radius 1 is 1.13 bits per heavy atom. The number of fused-ring (bicyclic) bond motifs is 1. The molecule has 114 valence electrons. The van der Waals surface area contributed by atoms with Crippen LogP contribution < -0.4 is 5.32 Å². The van der Waals surface area contributed by atoms with Crippen LogP contribution in [0.4, 0.5) is 10.1 Å². The minimum absolute atomic E-state index is 0.270. The Morgan fingerprint density at radius 3 is 2.70 bits per heavy atom. The number of hydrogen-bond acceptors (Lipinski definition) is 2. The number of carbonyl (C=O) groups excluding carboxylic acids is 1. The predicted molar refractivity (Wildman–Crippen MR) is 90.0 cm³/mol. The highest BCUT2D eigenvalue weighted by Gasteiger charge is 2.30. The van der Waals surface area contributed by atoms with E-state index in [0.717, 1.165) is 15.6 Å². The SMILES string of the molecule is O=C1Nc2cc(F)ccc2C1=C1C=C(c2ccc(Br)cc2)CO1. The predicted octanol–water partition coefficient (Wildman–Crippen LogP) is 4.37. The summed E-state index contributed by atoms with van der Waals surface area (Å²) in [6, 6.07) is 12.2. The maximum absolute atomic E-state index is 13.3. The van der Waals surface area contributed by atoms with Gasteiger partial charge in [-0.15, -0.1) is 0 Å². The van der Waals surface area contributed by atoms with Gasteiger partial charge in [-0.1, -0.05) is 28.1 Å². The van der Waals surface area contributed by atoms with Crippen LogP contribution in [0.25, 0.3) is 11.1 Å². The van der Waals surface area contributed by atoms with Crippen molar-refractivity contribution in [1.82, 2.24) is 0 Å². The zero-order valence-corrected chi connectivity index (χ0v) is 13.5. The molecule has 0 aliphatic carbocycles. The van der Waals surface area contributed by atoms with Crippen molar-refractivity contribution in [3.63, 3.8) is 0 Å². The molecular weight excluding hydrogens is 361 g/mol. The summed E-state index contributed by atoms with van der Waals surface area (Å²) in [6.45, 7) is 0.407. The summed E-state index contributed by atoms with van der Waals surface area (Å²) in [5.41, 5.74) is 3.64. The van der Waals surface area contributed by atoms with Gasteiger partial charge in [-0.25, -0.2) is 4.39 Å². The average Bonchev–Trinajstić information content (AvgIpc) is 3.11. The summed E-state index contributed by atoms with van der Waals surface area (Å²) in [5, 5.41) is 2.67. The van der Waals surface area contributed by atoms with Crippen LogP contribution in [0.3, 0.4) is 0 Å². The summed E-state index contributed by atoms with van der Waals surface area (Å²) in [4.78, 5) is 12.2. The Kier molecular flexibility index (Phi) is 3.31. The van der Waals surface area contributed by atoms with E-state index in [0.29, 0.717) is 29.2 Å². The third-order valence-electron chi connectivity index (χ3n) is 3.88. The van der Waals surface area contributed by atoms with Crippen molar-refractivity contribution >= 4 is 38.7 Å². The van der Waals surface area contributed by atoms with Gasteiger partial charge in [0.2, 0.25) is 0 Å². The molecule has 0 fully saturated rings. The normalized spacial score (nSPS) is 19.2. The van der Waals surface area contributed by atoms with Crippen LogP contribution >= 0.6 is 15.9 Å². The van der Waals surface area contributed by atoms with Gasteiger partial charge in [0.15, 0.2) is 0 Å². The molecule has 1 N–H and O–H groups in total. The molecule has 4 rings (SSSR count). The van der Waals surface area contributed by atoms with Crippen molar-refractivity contribution in [2.75, 3.05) is 11.9 Å². The molecule has 23 heavy (non-hydrogen) atoms. The summed E-state index contributed by atoms with van der Waals surface area (Å²) in [6.07, 6.45) is 1.87. The van der Waals surface area contributed by atoms with Crippen LogP contribution in [-0.4, -0.2) is 12.5 Å². The number of nitrogens with one attached hydrogen (secondary N) is 1. The second-order valence-corrected chi connectivity index (χ2v) is 6.26. The summed E-state index contributed by atoms with van der Waals surface area (Å²) in [7, 11) is 0. The second kappa shape index (κ2) is 5.35. The Bertz CT molecular complexity index is 884. The molecule has 5 heteroatoms. The number of rotatable bonds is 1. The molecule has 2 aromatic carbocycles. The maximum Gasteiger partial charge on any atom is 0.260 e. The first kappa shape index (κ1) is 14.2. The first-order valence-electron chi connectivity index (χ1n) is 7.07.